The lowest BCUT2D eigenvalue weighted by molar-refractivity contribution is 1.32. The van der Waals surface area contributed by atoms with Crippen LogP contribution in [-0.2, 0) is 0 Å². The van der Waals surface area contributed by atoms with Crippen molar-refractivity contribution >= 4 is 23.4 Å². The zero-order valence-electron chi connectivity index (χ0n) is 8.47. The summed E-state index contributed by atoms with van der Waals surface area (Å²) in [5.74, 6) is 1.30. The van der Waals surface area contributed by atoms with E-state index in [-0.39, 0.29) is 0 Å². The van der Waals surface area contributed by atoms with Crippen LogP contribution in [0.25, 0.3) is 0 Å². The molecule has 1 aromatic carbocycles. The van der Waals surface area contributed by atoms with Gasteiger partial charge >= 0.3 is 0 Å². The van der Waals surface area contributed by atoms with Gasteiger partial charge in [-0.2, -0.15) is 4.51 Å². The minimum atomic E-state index is 0.584. The van der Waals surface area contributed by atoms with E-state index in [0.717, 1.165) is 5.56 Å². The van der Waals surface area contributed by atoms with Gasteiger partial charge in [-0.15, -0.1) is 0 Å². The van der Waals surface area contributed by atoms with Gasteiger partial charge in [0.25, 0.3) is 0 Å². The van der Waals surface area contributed by atoms with Crippen LogP contribution in [0.15, 0.2) is 59.2 Å². The van der Waals surface area contributed by atoms with Crippen LogP contribution in [0.2, 0.25) is 0 Å². The van der Waals surface area contributed by atoms with Crippen LogP contribution in [0.5, 0.6) is 0 Å². The van der Waals surface area contributed by atoms with Crippen LogP contribution in [-0.4, -0.2) is 10.8 Å². The molecule has 0 amide bonds. The molecule has 4 heteroatoms. The molecule has 0 saturated carbocycles. The minimum Gasteiger partial charge on any atom is -0.324 e. The van der Waals surface area contributed by atoms with E-state index in [0.29, 0.717) is 11.7 Å². The quantitative estimate of drug-likeness (QED) is 0.637. The van der Waals surface area contributed by atoms with E-state index < -0.39 is 0 Å². The summed E-state index contributed by atoms with van der Waals surface area (Å²) in [5.41, 5.74) is 0.920. The third kappa shape index (κ3) is 2.58. The van der Waals surface area contributed by atoms with E-state index in [9.17, 15) is 0 Å². The Morgan fingerprint density at radius 2 is 1.81 bits per heavy atom. The summed E-state index contributed by atoms with van der Waals surface area (Å²) in [4.78, 5) is 4.14. The molecular formula is C12H10ClN3. The summed E-state index contributed by atoms with van der Waals surface area (Å²) in [6.45, 7) is 0. The fourth-order valence-electron chi connectivity index (χ4n) is 1.30. The number of nitrogens with zero attached hydrogens (tertiary/aromatic N) is 2. The Labute approximate surface area is 98.9 Å². The zero-order valence-corrected chi connectivity index (χ0v) is 9.22. The topological polar surface area (TPSA) is 37.3 Å². The first kappa shape index (κ1) is 10.6. The first-order valence-corrected chi connectivity index (χ1v) is 5.16. The number of pyridine rings is 1. The zero-order chi connectivity index (χ0) is 11.2. The molecule has 80 valence electrons. The highest BCUT2D eigenvalue weighted by Crippen LogP contribution is 2.07. The monoisotopic (exact) mass is 231 g/mol. The van der Waals surface area contributed by atoms with Crippen molar-refractivity contribution in [3.63, 3.8) is 0 Å². The van der Waals surface area contributed by atoms with Gasteiger partial charge in [0, 0.05) is 23.5 Å². The van der Waals surface area contributed by atoms with Crippen molar-refractivity contribution in [2.24, 2.45) is 4.51 Å². The molecule has 1 heterocycles. The number of aromatic nitrogens is 1. The largest absolute Gasteiger partial charge is 0.324 e. The lowest BCUT2D eigenvalue weighted by Gasteiger charge is -2.07. The lowest BCUT2D eigenvalue weighted by atomic mass is 10.2. The molecule has 0 atom stereocenters. The highest BCUT2D eigenvalue weighted by Gasteiger charge is 2.02. The first-order chi connectivity index (χ1) is 7.90. The molecule has 0 radical (unpaired) electrons. The van der Waals surface area contributed by atoms with Crippen LogP contribution < -0.4 is 5.32 Å². The highest BCUT2D eigenvalue weighted by molar-refractivity contribution is 6.24. The minimum absolute atomic E-state index is 0.584. The average molecular weight is 232 g/mol. The normalized spacial score (nSPS) is 11.2. The maximum Gasteiger partial charge on any atom is 0.153 e. The summed E-state index contributed by atoms with van der Waals surface area (Å²) in [5, 5.41) is 3.05. The van der Waals surface area contributed by atoms with Crippen molar-refractivity contribution in [2.75, 3.05) is 5.32 Å². The number of anilines is 1. The Morgan fingerprint density at radius 3 is 2.44 bits per heavy atom. The Kier molecular flexibility index (Phi) is 3.51. The van der Waals surface area contributed by atoms with E-state index in [4.69, 9.17) is 11.8 Å². The standard InChI is InChI=1S/C12H10ClN3/c13-16-12(10-6-2-1-3-7-10)15-11-8-4-5-9-14-11/h1-9H,(H,14,15,16). The Hall–Kier alpha value is -1.87. The van der Waals surface area contributed by atoms with Crippen LogP contribution in [0.4, 0.5) is 5.82 Å². The number of hydrogen-bond donors (Lipinski definition) is 1. The smallest absolute Gasteiger partial charge is 0.153 e. The molecule has 2 aromatic rings. The van der Waals surface area contributed by atoms with E-state index in [1.165, 1.54) is 0 Å². The van der Waals surface area contributed by atoms with Gasteiger partial charge in [0.05, 0.1) is 0 Å². The summed E-state index contributed by atoms with van der Waals surface area (Å²) < 4.78 is 3.69. The van der Waals surface area contributed by atoms with E-state index >= 15 is 0 Å². The van der Waals surface area contributed by atoms with Crippen molar-refractivity contribution in [2.45, 2.75) is 0 Å². The Balaban J connectivity index is 2.20. The molecule has 0 unspecified atom stereocenters. The van der Waals surface area contributed by atoms with Crippen molar-refractivity contribution in [1.29, 1.82) is 0 Å². The molecule has 0 fully saturated rings. The SMILES string of the molecule is Cl/N=C(/Nc1ccccn1)c1ccccc1. The maximum atomic E-state index is 5.55. The maximum absolute atomic E-state index is 5.55. The van der Waals surface area contributed by atoms with E-state index in [1.807, 2.05) is 48.5 Å². The molecule has 1 N–H and O–H groups in total. The van der Waals surface area contributed by atoms with Gasteiger partial charge in [-0.25, -0.2) is 4.98 Å². The van der Waals surface area contributed by atoms with Crippen molar-refractivity contribution < 1.29 is 0 Å². The number of hydrogen-bond acceptors (Lipinski definition) is 2. The second-order valence-corrected chi connectivity index (χ2v) is 3.31. The van der Waals surface area contributed by atoms with Gasteiger partial charge in [0.2, 0.25) is 0 Å². The van der Waals surface area contributed by atoms with Crippen LogP contribution in [0, 0.1) is 0 Å². The molecule has 0 spiro atoms. The van der Waals surface area contributed by atoms with Gasteiger partial charge in [-0.05, 0) is 12.1 Å². The van der Waals surface area contributed by atoms with Gasteiger partial charge in [0.15, 0.2) is 5.84 Å². The molecule has 2 rings (SSSR count). The molecule has 16 heavy (non-hydrogen) atoms. The number of halogens is 1. The van der Waals surface area contributed by atoms with E-state index in [2.05, 4.69) is 14.8 Å². The molecule has 3 nitrogen and oxygen atoms in total. The predicted molar refractivity (Wildman–Crippen MR) is 66.7 cm³/mol. The van der Waals surface area contributed by atoms with Gasteiger partial charge < -0.3 is 5.32 Å². The summed E-state index contributed by atoms with van der Waals surface area (Å²) in [6, 6.07) is 15.3. The number of amidine groups is 1. The lowest BCUT2D eigenvalue weighted by Crippen LogP contribution is -2.13. The number of benzene rings is 1. The van der Waals surface area contributed by atoms with Crippen LogP contribution in [0.3, 0.4) is 0 Å². The average Bonchev–Trinajstić information content (AvgIpc) is 2.38. The molecule has 0 bridgehead atoms. The van der Waals surface area contributed by atoms with Crippen LogP contribution in [0.1, 0.15) is 5.56 Å². The highest BCUT2D eigenvalue weighted by atomic mass is 35.5. The number of nitrogens with one attached hydrogen (secondary N) is 1. The Bertz CT molecular complexity index is 468. The van der Waals surface area contributed by atoms with Crippen LogP contribution >= 0.6 is 11.8 Å². The molecule has 0 saturated heterocycles. The molecule has 0 aliphatic carbocycles. The predicted octanol–water partition coefficient (Wildman–Crippen LogP) is 3.09. The summed E-state index contributed by atoms with van der Waals surface area (Å²) in [6.07, 6.45) is 1.71. The number of rotatable bonds is 2. The fourth-order valence-corrected chi connectivity index (χ4v) is 1.44. The fraction of sp³-hybridized carbons (Fsp3) is 0. The van der Waals surface area contributed by atoms with Gasteiger partial charge in [-0.1, -0.05) is 36.4 Å². The molecule has 0 aliphatic heterocycles. The Morgan fingerprint density at radius 1 is 1.06 bits per heavy atom. The van der Waals surface area contributed by atoms with Crippen molar-refractivity contribution in [3.8, 4) is 0 Å². The van der Waals surface area contributed by atoms with Gasteiger partial charge in [-0.3, -0.25) is 0 Å². The van der Waals surface area contributed by atoms with Crippen molar-refractivity contribution in [3.05, 3.63) is 60.3 Å². The third-order valence-corrected chi connectivity index (χ3v) is 2.21. The molecule has 1 aromatic heterocycles. The van der Waals surface area contributed by atoms with Gasteiger partial charge in [0.1, 0.15) is 5.82 Å². The molecular weight excluding hydrogens is 222 g/mol. The molecule has 0 aliphatic rings. The van der Waals surface area contributed by atoms with Crippen molar-refractivity contribution in [1.82, 2.24) is 4.98 Å². The second-order valence-electron chi connectivity index (χ2n) is 3.14. The van der Waals surface area contributed by atoms with E-state index in [1.54, 1.807) is 6.20 Å². The first-order valence-electron chi connectivity index (χ1n) is 4.82. The third-order valence-electron chi connectivity index (χ3n) is 2.04. The summed E-state index contributed by atoms with van der Waals surface area (Å²) in [7, 11) is 0. The summed E-state index contributed by atoms with van der Waals surface area (Å²) >= 11 is 5.55. The second kappa shape index (κ2) is 5.28.